The van der Waals surface area contributed by atoms with Crippen molar-refractivity contribution in [3.63, 3.8) is 0 Å². The zero-order chi connectivity index (χ0) is 15.6. The number of amides is 2. The summed E-state index contributed by atoms with van der Waals surface area (Å²) < 4.78 is 0. The van der Waals surface area contributed by atoms with E-state index in [2.05, 4.69) is 5.32 Å². The standard InChI is InChI=1S/C15H20N2O4/c1-3-10-6-4-5-9(2)13(10)16-15(21)17-8-11(18)7-12(17)14(19)20/h4-6,11-12,18H,3,7-8H2,1-2H3,(H,16,21)(H,19,20)/t11?,12-/m0/s1. The largest absolute Gasteiger partial charge is 0.480 e. The molecule has 6 heteroatoms. The molecule has 1 saturated heterocycles. The number of carbonyl (C=O) groups excluding carboxylic acids is 1. The summed E-state index contributed by atoms with van der Waals surface area (Å²) in [7, 11) is 0. The maximum Gasteiger partial charge on any atom is 0.326 e. The van der Waals surface area contributed by atoms with Gasteiger partial charge >= 0.3 is 12.0 Å². The number of likely N-dealkylation sites (tertiary alicyclic amines) is 1. The van der Waals surface area contributed by atoms with Crippen LogP contribution in [-0.4, -0.2) is 45.8 Å². The Hall–Kier alpha value is -2.08. The zero-order valence-electron chi connectivity index (χ0n) is 12.2. The van der Waals surface area contributed by atoms with Gasteiger partial charge in [0.2, 0.25) is 0 Å². The van der Waals surface area contributed by atoms with E-state index in [0.717, 1.165) is 23.2 Å². The summed E-state index contributed by atoms with van der Waals surface area (Å²) in [6.07, 6.45) is 0.0405. The minimum Gasteiger partial charge on any atom is -0.480 e. The number of aliphatic hydroxyl groups is 1. The van der Waals surface area contributed by atoms with Crippen molar-refractivity contribution < 1.29 is 19.8 Å². The summed E-state index contributed by atoms with van der Waals surface area (Å²) >= 11 is 0. The quantitative estimate of drug-likeness (QED) is 0.789. The van der Waals surface area contributed by atoms with E-state index in [1.165, 1.54) is 4.90 Å². The molecule has 1 aromatic rings. The van der Waals surface area contributed by atoms with Crippen LogP contribution in [0, 0.1) is 6.92 Å². The van der Waals surface area contributed by atoms with Gasteiger partial charge in [-0.3, -0.25) is 0 Å². The van der Waals surface area contributed by atoms with Gasteiger partial charge in [-0.1, -0.05) is 25.1 Å². The Morgan fingerprint density at radius 1 is 1.43 bits per heavy atom. The minimum atomic E-state index is -1.10. The second kappa shape index (κ2) is 6.13. The van der Waals surface area contributed by atoms with Crippen molar-refractivity contribution in [1.82, 2.24) is 4.90 Å². The molecule has 0 radical (unpaired) electrons. The van der Waals surface area contributed by atoms with Crippen LogP contribution in [0.2, 0.25) is 0 Å². The van der Waals surface area contributed by atoms with Crippen molar-refractivity contribution in [2.75, 3.05) is 11.9 Å². The second-order valence-electron chi connectivity index (χ2n) is 5.29. The molecule has 0 bridgehead atoms. The van der Waals surface area contributed by atoms with E-state index in [1.54, 1.807) is 0 Å². The van der Waals surface area contributed by atoms with E-state index in [9.17, 15) is 14.7 Å². The number of carbonyl (C=O) groups is 2. The van der Waals surface area contributed by atoms with Crippen LogP contribution in [0.1, 0.15) is 24.5 Å². The highest BCUT2D eigenvalue weighted by Crippen LogP contribution is 2.24. The van der Waals surface area contributed by atoms with Gasteiger partial charge in [-0.05, 0) is 24.5 Å². The van der Waals surface area contributed by atoms with Gasteiger partial charge in [0.05, 0.1) is 6.10 Å². The summed E-state index contributed by atoms with van der Waals surface area (Å²) in [5, 5.41) is 21.5. The number of para-hydroxylation sites is 1. The second-order valence-corrected chi connectivity index (χ2v) is 5.29. The number of carboxylic acids is 1. The van der Waals surface area contributed by atoms with E-state index in [4.69, 9.17) is 5.11 Å². The Kier molecular flexibility index (Phi) is 4.47. The fourth-order valence-corrected chi connectivity index (χ4v) is 2.65. The minimum absolute atomic E-state index is 0.0378. The number of nitrogens with one attached hydrogen (secondary N) is 1. The lowest BCUT2D eigenvalue weighted by Crippen LogP contribution is -2.43. The maximum atomic E-state index is 12.3. The first-order valence-corrected chi connectivity index (χ1v) is 7.01. The molecule has 0 spiro atoms. The van der Waals surface area contributed by atoms with Crippen molar-refractivity contribution in [3.8, 4) is 0 Å². The number of aliphatic carboxylic acids is 1. The van der Waals surface area contributed by atoms with E-state index >= 15 is 0 Å². The van der Waals surface area contributed by atoms with E-state index < -0.39 is 24.1 Å². The number of carboxylic acid groups (broad SMARTS) is 1. The maximum absolute atomic E-state index is 12.3. The van der Waals surface area contributed by atoms with Crippen molar-refractivity contribution >= 4 is 17.7 Å². The van der Waals surface area contributed by atoms with Gasteiger partial charge < -0.3 is 20.4 Å². The molecule has 21 heavy (non-hydrogen) atoms. The van der Waals surface area contributed by atoms with Crippen LogP contribution in [0.5, 0.6) is 0 Å². The number of aliphatic hydroxyl groups excluding tert-OH is 1. The van der Waals surface area contributed by atoms with Gasteiger partial charge in [-0.25, -0.2) is 9.59 Å². The number of hydrogen-bond donors (Lipinski definition) is 3. The highest BCUT2D eigenvalue weighted by atomic mass is 16.4. The van der Waals surface area contributed by atoms with Gasteiger partial charge in [-0.15, -0.1) is 0 Å². The lowest BCUT2D eigenvalue weighted by molar-refractivity contribution is -0.141. The lowest BCUT2D eigenvalue weighted by Gasteiger charge is -2.23. The number of aryl methyl sites for hydroxylation is 2. The monoisotopic (exact) mass is 292 g/mol. The molecule has 2 rings (SSSR count). The molecule has 6 nitrogen and oxygen atoms in total. The fraction of sp³-hybridized carbons (Fsp3) is 0.467. The molecule has 1 aromatic carbocycles. The average Bonchev–Trinajstić information content (AvgIpc) is 2.83. The normalized spacial score (nSPS) is 21.4. The van der Waals surface area contributed by atoms with E-state index in [0.29, 0.717) is 0 Å². The average molecular weight is 292 g/mol. The Morgan fingerprint density at radius 2 is 2.14 bits per heavy atom. The summed E-state index contributed by atoms with van der Waals surface area (Å²) in [5.41, 5.74) is 2.64. The van der Waals surface area contributed by atoms with Crippen molar-refractivity contribution in [3.05, 3.63) is 29.3 Å². The molecule has 0 saturated carbocycles. The molecule has 2 amide bonds. The Morgan fingerprint density at radius 3 is 2.76 bits per heavy atom. The molecule has 1 aliphatic rings. The third kappa shape index (κ3) is 3.16. The highest BCUT2D eigenvalue weighted by Gasteiger charge is 2.39. The third-order valence-electron chi connectivity index (χ3n) is 3.80. The van der Waals surface area contributed by atoms with Crippen molar-refractivity contribution in [2.24, 2.45) is 0 Å². The number of hydrogen-bond acceptors (Lipinski definition) is 3. The molecule has 3 N–H and O–H groups in total. The SMILES string of the molecule is CCc1cccc(C)c1NC(=O)N1CC(O)C[C@H]1C(=O)O. The van der Waals surface area contributed by atoms with Gasteiger partial charge in [-0.2, -0.15) is 0 Å². The van der Waals surface area contributed by atoms with Crippen LogP contribution in [0.3, 0.4) is 0 Å². The van der Waals surface area contributed by atoms with Crippen molar-refractivity contribution in [1.29, 1.82) is 0 Å². The van der Waals surface area contributed by atoms with Gasteiger partial charge in [0, 0.05) is 18.7 Å². The number of urea groups is 1. The molecule has 0 aromatic heterocycles. The van der Waals surface area contributed by atoms with Crippen LogP contribution in [0.15, 0.2) is 18.2 Å². The van der Waals surface area contributed by atoms with Crippen LogP contribution >= 0.6 is 0 Å². The predicted molar refractivity (Wildman–Crippen MR) is 78.3 cm³/mol. The van der Waals surface area contributed by atoms with E-state index in [-0.39, 0.29) is 13.0 Å². The molecular weight excluding hydrogens is 272 g/mol. The van der Waals surface area contributed by atoms with Crippen molar-refractivity contribution in [2.45, 2.75) is 38.8 Å². The summed E-state index contributed by atoms with van der Waals surface area (Å²) in [6, 6.07) is 4.28. The Balaban J connectivity index is 2.20. The smallest absolute Gasteiger partial charge is 0.326 e. The number of benzene rings is 1. The molecule has 114 valence electrons. The van der Waals surface area contributed by atoms with Crippen LogP contribution in [0.4, 0.5) is 10.5 Å². The van der Waals surface area contributed by atoms with Gasteiger partial charge in [0.25, 0.3) is 0 Å². The fourth-order valence-electron chi connectivity index (χ4n) is 2.65. The van der Waals surface area contributed by atoms with Gasteiger partial charge in [0.15, 0.2) is 0 Å². The summed E-state index contributed by atoms with van der Waals surface area (Å²) in [6.45, 7) is 3.92. The molecule has 1 fully saturated rings. The summed E-state index contributed by atoms with van der Waals surface area (Å²) in [5.74, 6) is -1.10. The number of anilines is 1. The lowest BCUT2D eigenvalue weighted by atomic mass is 10.1. The molecule has 2 atom stereocenters. The first-order chi connectivity index (χ1) is 9.93. The zero-order valence-corrected chi connectivity index (χ0v) is 12.2. The Labute approximate surface area is 123 Å². The first-order valence-electron chi connectivity index (χ1n) is 7.01. The number of nitrogens with zero attached hydrogens (tertiary/aromatic N) is 1. The predicted octanol–water partition coefficient (Wildman–Crippen LogP) is 1.61. The highest BCUT2D eigenvalue weighted by molar-refractivity contribution is 5.94. The summed E-state index contributed by atoms with van der Waals surface area (Å²) in [4.78, 5) is 24.7. The Bertz CT molecular complexity index is 559. The van der Waals surface area contributed by atoms with Crippen LogP contribution < -0.4 is 5.32 Å². The van der Waals surface area contributed by atoms with Gasteiger partial charge in [0.1, 0.15) is 6.04 Å². The number of rotatable bonds is 3. The van der Waals surface area contributed by atoms with E-state index in [1.807, 2.05) is 32.0 Å². The topological polar surface area (TPSA) is 89.9 Å². The van der Waals surface area contributed by atoms with Crippen LogP contribution in [-0.2, 0) is 11.2 Å². The molecule has 0 aliphatic carbocycles. The molecule has 1 heterocycles. The molecular formula is C15H20N2O4. The van der Waals surface area contributed by atoms with Crippen LogP contribution in [0.25, 0.3) is 0 Å². The molecule has 1 unspecified atom stereocenters. The molecule has 1 aliphatic heterocycles. The first kappa shape index (κ1) is 15.3. The number of β-amino-alcohol motifs (C(OH)–C–C–N with tert-alkyl or cyclic N) is 1. The third-order valence-corrected chi connectivity index (χ3v) is 3.80.